The Kier molecular flexibility index (Phi) is 4.98. The molecule has 124 valence electrons. The predicted molar refractivity (Wildman–Crippen MR) is 91.4 cm³/mol. The first kappa shape index (κ1) is 16.0. The number of benzene rings is 1. The molecule has 1 aliphatic rings. The van der Waals surface area contributed by atoms with Gasteiger partial charge in [0.05, 0.1) is 12.0 Å². The van der Waals surface area contributed by atoms with Gasteiger partial charge < -0.3 is 20.4 Å². The smallest absolute Gasteiger partial charge is 0.228 e. The summed E-state index contributed by atoms with van der Waals surface area (Å²) in [7, 11) is 1.67. The van der Waals surface area contributed by atoms with E-state index in [1.54, 1.807) is 7.11 Å². The molecule has 1 fully saturated rings. The van der Waals surface area contributed by atoms with E-state index in [4.69, 9.17) is 4.74 Å². The highest BCUT2D eigenvalue weighted by Gasteiger charge is 2.39. The summed E-state index contributed by atoms with van der Waals surface area (Å²) in [6.07, 6.45) is 4.53. The normalized spacial score (nSPS) is 17.3. The van der Waals surface area contributed by atoms with Crippen LogP contribution in [0.15, 0.2) is 30.5 Å². The minimum atomic E-state index is -0.375. The van der Waals surface area contributed by atoms with E-state index in [0.717, 1.165) is 37.9 Å². The molecule has 0 saturated carbocycles. The Labute approximate surface area is 136 Å². The molecule has 0 atom stereocenters. The number of H-pyrrole nitrogens is 1. The van der Waals surface area contributed by atoms with Crippen LogP contribution in [-0.2, 0) is 16.0 Å². The first-order chi connectivity index (χ1) is 11.2. The molecule has 5 nitrogen and oxygen atoms in total. The van der Waals surface area contributed by atoms with E-state index < -0.39 is 0 Å². The van der Waals surface area contributed by atoms with Crippen LogP contribution in [0.1, 0.15) is 18.4 Å². The van der Waals surface area contributed by atoms with Crippen LogP contribution in [0.4, 0.5) is 0 Å². The van der Waals surface area contributed by atoms with Crippen molar-refractivity contribution in [1.29, 1.82) is 0 Å². The van der Waals surface area contributed by atoms with Gasteiger partial charge in [-0.05, 0) is 44.0 Å². The van der Waals surface area contributed by atoms with E-state index >= 15 is 0 Å². The van der Waals surface area contributed by atoms with E-state index in [1.807, 2.05) is 18.3 Å². The number of nitrogens with one attached hydrogen (secondary N) is 3. The van der Waals surface area contributed by atoms with Gasteiger partial charge in [0.1, 0.15) is 0 Å². The summed E-state index contributed by atoms with van der Waals surface area (Å²) in [5.41, 5.74) is 2.01. The lowest BCUT2D eigenvalue weighted by molar-refractivity contribution is -0.136. The summed E-state index contributed by atoms with van der Waals surface area (Å²) in [4.78, 5) is 16.0. The maximum atomic E-state index is 12.7. The topological polar surface area (TPSA) is 66.1 Å². The van der Waals surface area contributed by atoms with Crippen molar-refractivity contribution < 1.29 is 9.53 Å². The van der Waals surface area contributed by atoms with Gasteiger partial charge in [-0.25, -0.2) is 0 Å². The van der Waals surface area contributed by atoms with Crippen molar-refractivity contribution in [3.8, 4) is 0 Å². The summed E-state index contributed by atoms with van der Waals surface area (Å²) in [5, 5.41) is 7.66. The largest absolute Gasteiger partial charge is 0.384 e. The third-order valence-electron chi connectivity index (χ3n) is 4.82. The van der Waals surface area contributed by atoms with Gasteiger partial charge in [-0.3, -0.25) is 4.79 Å². The summed E-state index contributed by atoms with van der Waals surface area (Å²) in [6.45, 7) is 2.89. The molecule has 5 heteroatoms. The fraction of sp³-hybridized carbons (Fsp3) is 0.500. The summed E-state index contributed by atoms with van der Waals surface area (Å²) in [5.74, 6) is 0.126. The Morgan fingerprint density at radius 2 is 2.09 bits per heavy atom. The van der Waals surface area contributed by atoms with Crippen LogP contribution in [-0.4, -0.2) is 44.2 Å². The molecule has 3 rings (SSSR count). The lowest BCUT2D eigenvalue weighted by atomic mass is 9.78. The number of para-hydroxylation sites is 1. The van der Waals surface area contributed by atoms with Crippen molar-refractivity contribution in [1.82, 2.24) is 15.6 Å². The number of aromatic nitrogens is 1. The molecule has 2 aromatic rings. The van der Waals surface area contributed by atoms with Crippen LogP contribution in [0.5, 0.6) is 0 Å². The quantitative estimate of drug-likeness (QED) is 0.762. The maximum absolute atomic E-state index is 12.7. The Bertz CT molecular complexity index is 654. The monoisotopic (exact) mass is 315 g/mol. The fourth-order valence-corrected chi connectivity index (χ4v) is 3.46. The van der Waals surface area contributed by atoms with E-state index in [1.165, 1.54) is 10.9 Å². The Balaban J connectivity index is 1.60. The van der Waals surface area contributed by atoms with Crippen LogP contribution in [0.3, 0.4) is 0 Å². The molecule has 1 aliphatic heterocycles. The van der Waals surface area contributed by atoms with E-state index in [9.17, 15) is 4.79 Å². The number of rotatable bonds is 6. The molecule has 3 N–H and O–H groups in total. The van der Waals surface area contributed by atoms with Crippen LogP contribution in [0, 0.1) is 5.41 Å². The minimum absolute atomic E-state index is 0.126. The van der Waals surface area contributed by atoms with Crippen molar-refractivity contribution in [2.24, 2.45) is 5.41 Å². The zero-order valence-corrected chi connectivity index (χ0v) is 13.7. The average Bonchev–Trinajstić information content (AvgIpc) is 2.99. The predicted octanol–water partition coefficient (Wildman–Crippen LogP) is 1.84. The lowest BCUT2D eigenvalue weighted by Crippen LogP contribution is -2.50. The first-order valence-corrected chi connectivity index (χ1v) is 8.28. The number of carbonyl (C=O) groups is 1. The number of aromatic amines is 1. The molecule has 0 unspecified atom stereocenters. The molecule has 2 heterocycles. The Morgan fingerprint density at radius 1 is 1.30 bits per heavy atom. The summed E-state index contributed by atoms with van der Waals surface area (Å²) >= 11 is 0. The number of ether oxygens (including phenoxy) is 1. The van der Waals surface area contributed by atoms with Crippen LogP contribution in [0.2, 0.25) is 0 Å². The number of amides is 1. The lowest BCUT2D eigenvalue weighted by Gasteiger charge is -2.35. The maximum Gasteiger partial charge on any atom is 0.228 e. The number of methoxy groups -OCH3 is 1. The second kappa shape index (κ2) is 7.15. The summed E-state index contributed by atoms with van der Waals surface area (Å²) in [6, 6.07) is 8.25. The molecule has 1 aromatic heterocycles. The molecule has 0 bridgehead atoms. The number of hydrogen-bond donors (Lipinski definition) is 3. The van der Waals surface area contributed by atoms with Crippen molar-refractivity contribution in [2.75, 3.05) is 33.4 Å². The zero-order valence-electron chi connectivity index (χ0n) is 13.7. The summed E-state index contributed by atoms with van der Waals surface area (Å²) < 4.78 is 5.32. The molecule has 0 aliphatic carbocycles. The van der Waals surface area contributed by atoms with Gasteiger partial charge in [0.25, 0.3) is 0 Å². The van der Waals surface area contributed by atoms with Crippen molar-refractivity contribution in [3.05, 3.63) is 36.0 Å². The third kappa shape index (κ3) is 3.41. The highest BCUT2D eigenvalue weighted by atomic mass is 16.5. The number of carbonyl (C=O) groups excluding carboxylic acids is 1. The molecule has 23 heavy (non-hydrogen) atoms. The SMILES string of the molecule is COCC1(C(=O)NCCc2c[nH]c3ccccc23)CCNCC1. The van der Waals surface area contributed by atoms with E-state index in [-0.39, 0.29) is 11.3 Å². The van der Waals surface area contributed by atoms with Crippen molar-refractivity contribution in [3.63, 3.8) is 0 Å². The second-order valence-electron chi connectivity index (χ2n) is 6.33. The van der Waals surface area contributed by atoms with E-state index in [0.29, 0.717) is 13.2 Å². The molecule has 1 aromatic carbocycles. The standard InChI is InChI=1S/C18H25N3O2/c1-23-13-18(7-10-19-11-8-18)17(22)20-9-6-14-12-21-16-5-3-2-4-15(14)16/h2-5,12,19,21H,6-11,13H2,1H3,(H,20,22). The zero-order chi connectivity index (χ0) is 16.1. The van der Waals surface area contributed by atoms with Gasteiger partial charge in [0, 0.05) is 30.8 Å². The molecule has 0 radical (unpaired) electrons. The highest BCUT2D eigenvalue weighted by Crippen LogP contribution is 2.29. The number of piperidine rings is 1. The van der Waals surface area contributed by atoms with Gasteiger partial charge >= 0.3 is 0 Å². The van der Waals surface area contributed by atoms with Gasteiger partial charge in [-0.2, -0.15) is 0 Å². The van der Waals surface area contributed by atoms with Crippen molar-refractivity contribution >= 4 is 16.8 Å². The first-order valence-electron chi connectivity index (χ1n) is 8.28. The Hall–Kier alpha value is -1.85. The van der Waals surface area contributed by atoms with Gasteiger partial charge in [-0.1, -0.05) is 18.2 Å². The fourth-order valence-electron chi connectivity index (χ4n) is 3.46. The van der Waals surface area contributed by atoms with Crippen LogP contribution < -0.4 is 10.6 Å². The Morgan fingerprint density at radius 3 is 2.87 bits per heavy atom. The molecular weight excluding hydrogens is 290 g/mol. The van der Waals surface area contributed by atoms with Crippen LogP contribution in [0.25, 0.3) is 10.9 Å². The molecule has 0 spiro atoms. The minimum Gasteiger partial charge on any atom is -0.384 e. The average molecular weight is 315 g/mol. The molecule has 1 saturated heterocycles. The van der Waals surface area contributed by atoms with Gasteiger partial charge in [-0.15, -0.1) is 0 Å². The van der Waals surface area contributed by atoms with Crippen LogP contribution >= 0.6 is 0 Å². The number of fused-ring (bicyclic) bond motifs is 1. The van der Waals surface area contributed by atoms with Crippen molar-refractivity contribution in [2.45, 2.75) is 19.3 Å². The molecular formula is C18H25N3O2. The highest BCUT2D eigenvalue weighted by molar-refractivity contribution is 5.84. The van der Waals surface area contributed by atoms with Gasteiger partial charge in [0.15, 0.2) is 0 Å². The number of hydrogen-bond acceptors (Lipinski definition) is 3. The second-order valence-corrected chi connectivity index (χ2v) is 6.33. The molecule has 1 amide bonds. The van der Waals surface area contributed by atoms with E-state index in [2.05, 4.69) is 27.8 Å². The van der Waals surface area contributed by atoms with Gasteiger partial charge in [0.2, 0.25) is 5.91 Å². The third-order valence-corrected chi connectivity index (χ3v) is 4.82.